The fourth-order valence-electron chi connectivity index (χ4n) is 2.05. The number of nitrogens with zero attached hydrogens (tertiary/aromatic N) is 2. The van der Waals surface area contributed by atoms with Crippen molar-refractivity contribution in [3.63, 3.8) is 0 Å². The molecular weight excluding hydrogens is 254 g/mol. The molecule has 20 heavy (non-hydrogen) atoms. The molecule has 0 bridgehead atoms. The minimum atomic E-state index is -0.528. The highest BCUT2D eigenvalue weighted by Crippen LogP contribution is 2.24. The van der Waals surface area contributed by atoms with E-state index in [0.717, 1.165) is 24.2 Å². The zero-order chi connectivity index (χ0) is 14.6. The monoisotopic (exact) mass is 275 g/mol. The zero-order valence-corrected chi connectivity index (χ0v) is 12.2. The van der Waals surface area contributed by atoms with Crippen molar-refractivity contribution in [1.82, 2.24) is 10.1 Å². The van der Waals surface area contributed by atoms with Crippen LogP contribution in [0.15, 0.2) is 28.8 Å². The summed E-state index contributed by atoms with van der Waals surface area (Å²) >= 11 is 0. The molecule has 0 unspecified atom stereocenters. The molecule has 0 spiro atoms. The van der Waals surface area contributed by atoms with E-state index in [0.29, 0.717) is 18.1 Å². The molecule has 0 aliphatic heterocycles. The van der Waals surface area contributed by atoms with E-state index in [1.165, 1.54) is 0 Å². The number of ether oxygens (including phenoxy) is 1. The number of hydrogen-bond acceptors (Lipinski definition) is 5. The van der Waals surface area contributed by atoms with Gasteiger partial charge in [0.05, 0.1) is 12.6 Å². The number of aromatic nitrogens is 2. The number of rotatable bonds is 6. The van der Waals surface area contributed by atoms with Crippen molar-refractivity contribution in [2.24, 2.45) is 5.73 Å². The van der Waals surface area contributed by atoms with E-state index >= 15 is 0 Å². The van der Waals surface area contributed by atoms with Crippen LogP contribution in [-0.4, -0.2) is 17.3 Å². The van der Waals surface area contributed by atoms with E-state index < -0.39 is 5.54 Å². The summed E-state index contributed by atoms with van der Waals surface area (Å²) in [7, 11) is 1.65. The summed E-state index contributed by atoms with van der Waals surface area (Å²) in [6, 6.07) is 7.82. The molecule has 0 fully saturated rings. The van der Waals surface area contributed by atoms with Crippen molar-refractivity contribution < 1.29 is 9.26 Å². The summed E-state index contributed by atoms with van der Waals surface area (Å²) < 4.78 is 10.5. The first kappa shape index (κ1) is 14.5. The Labute approximate surface area is 119 Å². The molecule has 1 aromatic carbocycles. The quantitative estimate of drug-likeness (QED) is 0.877. The van der Waals surface area contributed by atoms with Gasteiger partial charge in [0, 0.05) is 6.42 Å². The Morgan fingerprint density at radius 1 is 1.30 bits per heavy atom. The topological polar surface area (TPSA) is 74.2 Å². The average molecular weight is 275 g/mol. The lowest BCUT2D eigenvalue weighted by Gasteiger charge is -2.20. The predicted molar refractivity (Wildman–Crippen MR) is 76.5 cm³/mol. The molecule has 0 saturated carbocycles. The molecule has 5 nitrogen and oxygen atoms in total. The smallest absolute Gasteiger partial charge is 0.246 e. The van der Waals surface area contributed by atoms with E-state index in [9.17, 15) is 0 Å². The predicted octanol–water partition coefficient (Wildman–Crippen LogP) is 2.64. The van der Waals surface area contributed by atoms with Crippen molar-refractivity contribution in [3.05, 3.63) is 41.5 Å². The van der Waals surface area contributed by atoms with Gasteiger partial charge in [0.15, 0.2) is 5.82 Å². The van der Waals surface area contributed by atoms with Crippen molar-refractivity contribution in [1.29, 1.82) is 0 Å². The Morgan fingerprint density at radius 3 is 2.70 bits per heavy atom. The van der Waals surface area contributed by atoms with Crippen LogP contribution in [-0.2, 0) is 12.0 Å². The van der Waals surface area contributed by atoms with Crippen LogP contribution in [0.1, 0.15) is 44.0 Å². The van der Waals surface area contributed by atoms with Gasteiger partial charge in [0.2, 0.25) is 5.89 Å². The van der Waals surface area contributed by atoms with Crippen LogP contribution in [0.2, 0.25) is 0 Å². The lowest BCUT2D eigenvalue weighted by molar-refractivity contribution is 0.267. The third-order valence-corrected chi connectivity index (χ3v) is 3.65. The molecule has 0 radical (unpaired) electrons. The highest BCUT2D eigenvalue weighted by atomic mass is 16.5. The largest absolute Gasteiger partial charge is 0.497 e. The molecular formula is C15H21N3O2. The number of benzene rings is 1. The maximum atomic E-state index is 6.25. The molecule has 0 aliphatic rings. The lowest BCUT2D eigenvalue weighted by Crippen LogP contribution is -2.35. The van der Waals surface area contributed by atoms with Gasteiger partial charge < -0.3 is 15.0 Å². The summed E-state index contributed by atoms with van der Waals surface area (Å²) in [5.41, 5.74) is 6.80. The van der Waals surface area contributed by atoms with Gasteiger partial charge >= 0.3 is 0 Å². The number of hydrogen-bond donors (Lipinski definition) is 1. The number of methoxy groups -OCH3 is 1. The van der Waals surface area contributed by atoms with E-state index in [4.69, 9.17) is 15.0 Å². The zero-order valence-electron chi connectivity index (χ0n) is 12.2. The third-order valence-electron chi connectivity index (χ3n) is 3.65. The average Bonchev–Trinajstić information content (AvgIpc) is 2.95. The SMILES string of the molecule is CCC(N)(CC)c1nc(Cc2cccc(OC)c2)no1. The van der Waals surface area contributed by atoms with E-state index in [2.05, 4.69) is 10.1 Å². The van der Waals surface area contributed by atoms with Gasteiger partial charge in [-0.3, -0.25) is 0 Å². The molecule has 0 aliphatic carbocycles. The van der Waals surface area contributed by atoms with E-state index in [1.807, 2.05) is 38.1 Å². The lowest BCUT2D eigenvalue weighted by atomic mass is 9.94. The summed E-state index contributed by atoms with van der Waals surface area (Å²) in [6.07, 6.45) is 2.14. The van der Waals surface area contributed by atoms with Crippen LogP contribution >= 0.6 is 0 Å². The normalized spacial score (nSPS) is 11.6. The van der Waals surface area contributed by atoms with Crippen LogP contribution in [0.25, 0.3) is 0 Å². The maximum Gasteiger partial charge on any atom is 0.246 e. The van der Waals surface area contributed by atoms with E-state index in [-0.39, 0.29) is 0 Å². The van der Waals surface area contributed by atoms with Gasteiger partial charge in [0.25, 0.3) is 0 Å². The third kappa shape index (κ3) is 2.99. The summed E-state index contributed by atoms with van der Waals surface area (Å²) in [5.74, 6) is 1.98. The van der Waals surface area contributed by atoms with Crippen molar-refractivity contribution in [2.75, 3.05) is 7.11 Å². The van der Waals surface area contributed by atoms with Crippen LogP contribution in [0, 0.1) is 0 Å². The highest BCUT2D eigenvalue weighted by Gasteiger charge is 2.29. The molecule has 2 N–H and O–H groups in total. The van der Waals surface area contributed by atoms with Crippen LogP contribution in [0.4, 0.5) is 0 Å². The first-order chi connectivity index (χ1) is 9.61. The molecule has 2 aromatic rings. The van der Waals surface area contributed by atoms with Gasteiger partial charge in [-0.15, -0.1) is 0 Å². The molecule has 1 aromatic heterocycles. The highest BCUT2D eigenvalue weighted by molar-refractivity contribution is 5.30. The molecule has 1 heterocycles. The summed E-state index contributed by atoms with van der Waals surface area (Å²) in [5, 5.41) is 4.02. The minimum absolute atomic E-state index is 0.514. The standard InChI is InChI=1S/C15H21N3O2/c1-4-15(16,5-2)14-17-13(18-20-14)10-11-7-6-8-12(9-11)19-3/h6-9H,4-5,10,16H2,1-3H3. The van der Waals surface area contributed by atoms with E-state index in [1.54, 1.807) is 7.11 Å². The maximum absolute atomic E-state index is 6.25. The Morgan fingerprint density at radius 2 is 2.05 bits per heavy atom. The molecule has 0 amide bonds. The second-order valence-electron chi connectivity index (χ2n) is 4.91. The Bertz CT molecular complexity index is 562. The Kier molecular flexibility index (Phi) is 4.39. The van der Waals surface area contributed by atoms with Crippen molar-refractivity contribution in [3.8, 4) is 5.75 Å². The molecule has 108 valence electrons. The van der Waals surface area contributed by atoms with Gasteiger partial charge in [-0.25, -0.2) is 0 Å². The second kappa shape index (κ2) is 6.05. The van der Waals surface area contributed by atoms with Gasteiger partial charge in [0.1, 0.15) is 5.75 Å². The van der Waals surface area contributed by atoms with Crippen LogP contribution < -0.4 is 10.5 Å². The van der Waals surface area contributed by atoms with Gasteiger partial charge in [-0.1, -0.05) is 31.1 Å². The second-order valence-corrected chi connectivity index (χ2v) is 4.91. The minimum Gasteiger partial charge on any atom is -0.497 e. The van der Waals surface area contributed by atoms with Gasteiger partial charge in [-0.2, -0.15) is 4.98 Å². The first-order valence-electron chi connectivity index (χ1n) is 6.86. The Balaban J connectivity index is 2.17. The van der Waals surface area contributed by atoms with Gasteiger partial charge in [-0.05, 0) is 30.5 Å². The fourth-order valence-corrected chi connectivity index (χ4v) is 2.05. The van der Waals surface area contributed by atoms with Crippen LogP contribution in [0.3, 0.4) is 0 Å². The molecule has 0 atom stereocenters. The number of nitrogens with two attached hydrogens (primary N) is 1. The van der Waals surface area contributed by atoms with Crippen LogP contribution in [0.5, 0.6) is 5.75 Å². The molecule has 0 saturated heterocycles. The molecule has 5 heteroatoms. The summed E-state index contributed by atoms with van der Waals surface area (Å²) in [4.78, 5) is 4.43. The van der Waals surface area contributed by atoms with Crippen molar-refractivity contribution in [2.45, 2.75) is 38.6 Å². The first-order valence-corrected chi connectivity index (χ1v) is 6.86. The Hall–Kier alpha value is -1.88. The molecule has 2 rings (SSSR count). The summed E-state index contributed by atoms with van der Waals surface area (Å²) in [6.45, 7) is 4.05. The van der Waals surface area contributed by atoms with Crippen molar-refractivity contribution >= 4 is 0 Å². The fraction of sp³-hybridized carbons (Fsp3) is 0.467.